The molecule has 0 aromatic carbocycles. The van der Waals surface area contributed by atoms with Crippen molar-refractivity contribution in [2.45, 2.75) is 48.8 Å². The summed E-state index contributed by atoms with van der Waals surface area (Å²) in [6.07, 6.45) is -5.51. The van der Waals surface area contributed by atoms with Crippen molar-refractivity contribution in [3.05, 3.63) is 0 Å². The highest BCUT2D eigenvalue weighted by atomic mass is 16.7. The first-order chi connectivity index (χ1) is 11.9. The molecule has 2 aliphatic rings. The maximum atomic E-state index is 10.3. The van der Waals surface area contributed by atoms with Crippen LogP contribution in [0, 0.1) is 0 Å². The van der Waals surface area contributed by atoms with Gasteiger partial charge in [-0.05, 0) is 6.42 Å². The minimum Gasteiger partial charge on any atom is -0.388 e. The predicted octanol–water partition coefficient (Wildman–Crippen LogP) is -2.40. The predicted molar refractivity (Wildman–Crippen MR) is 81.6 cm³/mol. The van der Waals surface area contributed by atoms with Gasteiger partial charge in [-0.2, -0.15) is 0 Å². The second kappa shape index (κ2) is 9.51. The molecule has 4 N–H and O–H groups in total. The number of aliphatic hydroxyl groups excluding tert-OH is 4. The Morgan fingerprint density at radius 3 is 2.32 bits per heavy atom. The Morgan fingerprint density at radius 1 is 1.04 bits per heavy atom. The van der Waals surface area contributed by atoms with Crippen LogP contribution < -0.4 is 0 Å². The molecule has 2 fully saturated rings. The van der Waals surface area contributed by atoms with E-state index in [9.17, 15) is 20.4 Å². The van der Waals surface area contributed by atoms with Gasteiger partial charge in [0.1, 0.15) is 36.8 Å². The van der Waals surface area contributed by atoms with Gasteiger partial charge < -0.3 is 48.8 Å². The van der Waals surface area contributed by atoms with Gasteiger partial charge in [0, 0.05) is 20.8 Å². The summed E-state index contributed by atoms with van der Waals surface area (Å²) < 4.78 is 31.6. The molecule has 0 radical (unpaired) electrons. The van der Waals surface area contributed by atoms with Crippen molar-refractivity contribution >= 4 is 0 Å². The van der Waals surface area contributed by atoms with Crippen LogP contribution in [-0.2, 0) is 28.4 Å². The molecule has 0 aliphatic carbocycles. The van der Waals surface area contributed by atoms with Crippen LogP contribution >= 0.6 is 0 Å². The van der Waals surface area contributed by atoms with Gasteiger partial charge in [0.2, 0.25) is 0 Å². The minimum absolute atomic E-state index is 0.00836. The number of ether oxygens (including phenoxy) is 6. The summed E-state index contributed by atoms with van der Waals surface area (Å²) >= 11 is 0. The Bertz CT molecular complexity index is 397. The first-order valence-corrected chi connectivity index (χ1v) is 8.14. The van der Waals surface area contributed by atoms with Crippen LogP contribution in [0.25, 0.3) is 0 Å². The number of hydrogen-bond donors (Lipinski definition) is 4. The van der Waals surface area contributed by atoms with Gasteiger partial charge in [-0.3, -0.25) is 0 Å². The fourth-order valence-electron chi connectivity index (χ4n) is 2.96. The van der Waals surface area contributed by atoms with Crippen LogP contribution in [0.3, 0.4) is 0 Å². The van der Waals surface area contributed by atoms with Gasteiger partial charge in [-0.15, -0.1) is 0 Å². The molecule has 10 nitrogen and oxygen atoms in total. The number of aliphatic hydroxyl groups is 4. The molecule has 0 spiro atoms. The summed E-state index contributed by atoms with van der Waals surface area (Å²) in [6, 6.07) is 0. The highest BCUT2D eigenvalue weighted by Gasteiger charge is 2.55. The lowest BCUT2D eigenvalue weighted by Crippen LogP contribution is -2.51. The van der Waals surface area contributed by atoms with E-state index >= 15 is 0 Å². The third kappa shape index (κ3) is 4.86. The number of methoxy groups -OCH3 is 2. The fourth-order valence-corrected chi connectivity index (χ4v) is 2.96. The Kier molecular flexibility index (Phi) is 7.95. The summed E-state index contributed by atoms with van der Waals surface area (Å²) in [4.78, 5) is 0. The monoisotopic (exact) mass is 368 g/mol. The zero-order valence-electron chi connectivity index (χ0n) is 14.4. The first-order valence-electron chi connectivity index (χ1n) is 8.14. The van der Waals surface area contributed by atoms with Crippen LogP contribution in [0.2, 0.25) is 0 Å². The maximum absolute atomic E-state index is 10.3. The van der Waals surface area contributed by atoms with Crippen molar-refractivity contribution < 1.29 is 48.8 Å². The van der Waals surface area contributed by atoms with E-state index in [0.717, 1.165) is 0 Å². The molecule has 2 rings (SSSR count). The van der Waals surface area contributed by atoms with Crippen LogP contribution in [0.1, 0.15) is 6.42 Å². The van der Waals surface area contributed by atoms with E-state index in [-0.39, 0.29) is 33.2 Å². The molecule has 0 saturated carbocycles. The molecule has 0 aromatic rings. The molecule has 25 heavy (non-hydrogen) atoms. The molecule has 2 saturated heterocycles. The van der Waals surface area contributed by atoms with Crippen LogP contribution in [0.5, 0.6) is 0 Å². The molecule has 0 amide bonds. The van der Waals surface area contributed by atoms with Crippen LogP contribution in [0.4, 0.5) is 0 Å². The average Bonchev–Trinajstić information content (AvgIpc) is 3.05. The van der Waals surface area contributed by atoms with E-state index in [1.807, 2.05) is 0 Å². The van der Waals surface area contributed by atoms with Gasteiger partial charge in [0.15, 0.2) is 6.29 Å². The minimum atomic E-state index is -1.31. The normalized spacial score (nSPS) is 41.5. The third-order valence-corrected chi connectivity index (χ3v) is 4.42. The molecule has 0 aromatic heterocycles. The van der Waals surface area contributed by atoms with E-state index in [1.165, 1.54) is 14.2 Å². The lowest BCUT2D eigenvalue weighted by atomic mass is 9.97. The van der Waals surface area contributed by atoms with Crippen molar-refractivity contribution in [2.75, 3.05) is 47.4 Å². The maximum Gasteiger partial charge on any atom is 0.186 e. The van der Waals surface area contributed by atoms with E-state index < -0.39 is 42.4 Å². The summed E-state index contributed by atoms with van der Waals surface area (Å²) in [5, 5.41) is 39.5. The summed E-state index contributed by atoms with van der Waals surface area (Å²) in [7, 11) is 2.82. The second-order valence-corrected chi connectivity index (χ2v) is 6.25. The van der Waals surface area contributed by atoms with Crippen molar-refractivity contribution in [1.29, 1.82) is 0 Å². The lowest BCUT2D eigenvalue weighted by Gasteiger charge is -2.31. The quantitative estimate of drug-likeness (QED) is 0.244. The van der Waals surface area contributed by atoms with E-state index in [4.69, 9.17) is 28.4 Å². The molecule has 148 valence electrons. The lowest BCUT2D eigenvalue weighted by molar-refractivity contribution is -0.218. The molecule has 7 atom stereocenters. The Hall–Kier alpha value is -0.400. The van der Waals surface area contributed by atoms with Crippen molar-refractivity contribution in [3.8, 4) is 0 Å². The Balaban J connectivity index is 1.86. The largest absolute Gasteiger partial charge is 0.388 e. The third-order valence-electron chi connectivity index (χ3n) is 4.42. The zero-order valence-corrected chi connectivity index (χ0v) is 14.4. The molecule has 2 heterocycles. The first kappa shape index (κ1) is 20.9. The topological polar surface area (TPSA) is 136 Å². The van der Waals surface area contributed by atoms with Crippen LogP contribution in [0.15, 0.2) is 0 Å². The molecule has 2 aliphatic heterocycles. The molecule has 0 bridgehead atoms. The van der Waals surface area contributed by atoms with Gasteiger partial charge in [0.05, 0.1) is 25.9 Å². The average molecular weight is 368 g/mol. The number of hydrogen-bond acceptors (Lipinski definition) is 10. The Morgan fingerprint density at radius 2 is 1.76 bits per heavy atom. The van der Waals surface area contributed by atoms with Gasteiger partial charge in [0.25, 0.3) is 0 Å². The van der Waals surface area contributed by atoms with Crippen molar-refractivity contribution in [3.63, 3.8) is 0 Å². The standard InChI is InChI=1S/C15H28O10/c1-20-8-23-7-15(13(19)12(18)14(21-2)25-15)6-22-4-3-10-11(17)9(16)5-24-10/h9-14,16-19H,3-8H2,1-2H3. The van der Waals surface area contributed by atoms with Gasteiger partial charge >= 0.3 is 0 Å². The van der Waals surface area contributed by atoms with Crippen LogP contribution in [-0.4, -0.2) is 110 Å². The zero-order chi connectivity index (χ0) is 18.4. The van der Waals surface area contributed by atoms with Crippen molar-refractivity contribution in [2.24, 2.45) is 0 Å². The van der Waals surface area contributed by atoms with Gasteiger partial charge in [-0.25, -0.2) is 0 Å². The second-order valence-electron chi connectivity index (χ2n) is 6.25. The SMILES string of the molecule is COCOCC1(COCCC2OCC(O)C2O)OC(OC)C(O)C1O. The smallest absolute Gasteiger partial charge is 0.186 e. The summed E-state index contributed by atoms with van der Waals surface area (Å²) in [5.41, 5.74) is -1.31. The van der Waals surface area contributed by atoms with Gasteiger partial charge in [-0.1, -0.05) is 0 Å². The molecule has 10 heteroatoms. The highest BCUT2D eigenvalue weighted by molar-refractivity contribution is 5.00. The molecular formula is C15H28O10. The highest BCUT2D eigenvalue weighted by Crippen LogP contribution is 2.33. The Labute approximate surface area is 146 Å². The van der Waals surface area contributed by atoms with E-state index in [1.54, 1.807) is 0 Å². The van der Waals surface area contributed by atoms with E-state index in [0.29, 0.717) is 6.42 Å². The summed E-state index contributed by atoms with van der Waals surface area (Å²) in [5.74, 6) is 0. The molecular weight excluding hydrogens is 340 g/mol. The fraction of sp³-hybridized carbons (Fsp3) is 1.00. The molecule has 7 unspecified atom stereocenters. The number of rotatable bonds is 10. The summed E-state index contributed by atoms with van der Waals surface area (Å²) in [6.45, 7) is 0.139. The van der Waals surface area contributed by atoms with Crippen molar-refractivity contribution in [1.82, 2.24) is 0 Å². The van der Waals surface area contributed by atoms with E-state index in [2.05, 4.69) is 0 Å².